The van der Waals surface area contributed by atoms with Crippen molar-refractivity contribution in [2.75, 3.05) is 6.61 Å². The molecule has 0 bridgehead atoms. The van der Waals surface area contributed by atoms with E-state index >= 15 is 0 Å². The molecule has 28 heavy (non-hydrogen) atoms. The predicted octanol–water partition coefficient (Wildman–Crippen LogP) is 1.08. The molecule has 5 atom stereocenters. The Hall–Kier alpha value is -2.55. The summed E-state index contributed by atoms with van der Waals surface area (Å²) in [6, 6.07) is 15.2. The number of benzene rings is 2. The van der Waals surface area contributed by atoms with Gasteiger partial charge < -0.3 is 29.9 Å². The summed E-state index contributed by atoms with van der Waals surface area (Å²) < 4.78 is 11.0. The third-order valence-electron chi connectivity index (χ3n) is 4.95. The fourth-order valence-electron chi connectivity index (χ4n) is 3.39. The number of rotatable bonds is 4. The van der Waals surface area contributed by atoms with Gasteiger partial charge >= 0.3 is 0 Å². The molecule has 7 nitrogen and oxygen atoms in total. The number of aliphatic hydroxyl groups excluding tert-OH is 4. The molecule has 1 saturated heterocycles. The monoisotopic (exact) mass is 383 g/mol. The molecule has 4 N–H and O–H groups in total. The molecule has 0 unspecified atom stereocenters. The summed E-state index contributed by atoms with van der Waals surface area (Å²) >= 11 is 0. The summed E-state index contributed by atoms with van der Waals surface area (Å²) in [7, 11) is 0. The number of hydrogen-bond acceptors (Lipinski definition) is 7. The Kier molecular flexibility index (Phi) is 5.25. The summed E-state index contributed by atoms with van der Waals surface area (Å²) in [5.41, 5.74) is 2.04. The minimum Gasteiger partial charge on any atom is -0.462 e. The number of hydrogen-bond donors (Lipinski definition) is 4. The Morgan fingerprint density at radius 3 is 2.46 bits per heavy atom. The number of aliphatic hydroxyl groups is 4. The summed E-state index contributed by atoms with van der Waals surface area (Å²) in [6.07, 6.45) is -2.97. The highest BCUT2D eigenvalue weighted by Crippen LogP contribution is 2.30. The van der Waals surface area contributed by atoms with Crippen molar-refractivity contribution in [2.24, 2.45) is 0 Å². The Morgan fingerprint density at radius 2 is 1.71 bits per heavy atom. The Morgan fingerprint density at radius 1 is 0.929 bits per heavy atom. The molecule has 1 aliphatic rings. The molecule has 146 valence electrons. The molecule has 0 radical (unpaired) electrons. The van der Waals surface area contributed by atoms with Crippen LogP contribution in [0.5, 0.6) is 5.75 Å². The van der Waals surface area contributed by atoms with Crippen molar-refractivity contribution in [1.82, 2.24) is 4.98 Å². The average Bonchev–Trinajstić information content (AvgIpc) is 2.74. The van der Waals surface area contributed by atoms with Gasteiger partial charge in [-0.2, -0.15) is 0 Å². The average molecular weight is 383 g/mol. The molecular formula is C21H21NO6. The molecule has 0 amide bonds. The molecule has 1 fully saturated rings. The second-order valence-electron chi connectivity index (χ2n) is 6.74. The molecule has 7 heteroatoms. The van der Waals surface area contributed by atoms with E-state index in [9.17, 15) is 20.4 Å². The van der Waals surface area contributed by atoms with Crippen LogP contribution >= 0.6 is 0 Å². The lowest BCUT2D eigenvalue weighted by Gasteiger charge is -2.39. The quantitative estimate of drug-likeness (QED) is 0.533. The first kappa shape index (κ1) is 18.8. The van der Waals surface area contributed by atoms with E-state index in [1.165, 1.54) is 0 Å². The Balaban J connectivity index is 1.55. The maximum absolute atomic E-state index is 10.1. The number of aromatic nitrogens is 1. The fraction of sp³-hybridized carbons (Fsp3) is 0.286. The minimum absolute atomic E-state index is 0.426. The zero-order valence-corrected chi connectivity index (χ0v) is 14.9. The van der Waals surface area contributed by atoms with E-state index in [0.717, 1.165) is 21.9 Å². The van der Waals surface area contributed by atoms with Crippen molar-refractivity contribution in [3.05, 3.63) is 60.9 Å². The van der Waals surface area contributed by atoms with Gasteiger partial charge in [0.05, 0.1) is 6.61 Å². The highest BCUT2D eigenvalue weighted by atomic mass is 16.7. The summed E-state index contributed by atoms with van der Waals surface area (Å²) in [5, 5.41) is 41.2. The van der Waals surface area contributed by atoms with E-state index in [1.807, 2.05) is 42.6 Å². The molecule has 0 saturated carbocycles. The van der Waals surface area contributed by atoms with Crippen LogP contribution in [0.4, 0.5) is 0 Å². The van der Waals surface area contributed by atoms with Crippen molar-refractivity contribution in [3.8, 4) is 16.9 Å². The maximum Gasteiger partial charge on any atom is 0.229 e. The van der Waals surface area contributed by atoms with Gasteiger partial charge in [-0.15, -0.1) is 0 Å². The van der Waals surface area contributed by atoms with Crippen molar-refractivity contribution >= 4 is 10.8 Å². The topological polar surface area (TPSA) is 112 Å². The second kappa shape index (κ2) is 7.83. The number of pyridine rings is 1. The van der Waals surface area contributed by atoms with Gasteiger partial charge in [0.15, 0.2) is 0 Å². The largest absolute Gasteiger partial charge is 0.462 e. The van der Waals surface area contributed by atoms with Gasteiger partial charge in [-0.1, -0.05) is 30.3 Å². The normalized spacial score (nSPS) is 27.6. The van der Waals surface area contributed by atoms with Gasteiger partial charge in [-0.25, -0.2) is 0 Å². The molecule has 2 aromatic carbocycles. The number of nitrogens with zero attached hydrogens (tertiary/aromatic N) is 1. The molecule has 2 heterocycles. The molecule has 0 aliphatic carbocycles. The lowest BCUT2D eigenvalue weighted by molar-refractivity contribution is -0.277. The van der Waals surface area contributed by atoms with Gasteiger partial charge in [-0.05, 0) is 34.7 Å². The van der Waals surface area contributed by atoms with Crippen molar-refractivity contribution < 1.29 is 29.9 Å². The molecule has 0 spiro atoms. The predicted molar refractivity (Wildman–Crippen MR) is 102 cm³/mol. The van der Waals surface area contributed by atoms with Crippen LogP contribution in [0.25, 0.3) is 21.9 Å². The van der Waals surface area contributed by atoms with Crippen LogP contribution < -0.4 is 4.74 Å². The van der Waals surface area contributed by atoms with E-state index < -0.39 is 37.3 Å². The van der Waals surface area contributed by atoms with E-state index in [0.29, 0.717) is 5.75 Å². The van der Waals surface area contributed by atoms with Crippen LogP contribution in [0.1, 0.15) is 0 Å². The van der Waals surface area contributed by atoms with Crippen molar-refractivity contribution in [1.29, 1.82) is 0 Å². The standard InChI is InChI=1S/C21H21NO6/c23-11-17-18(24)19(25)20(26)21(28-17)27-14-6-4-12(5-7-14)15-3-1-2-13-10-22-9-8-16(13)15/h1-10,17-21,23-26H,11H2/t17-,18-,19+,20+,21+/m1/s1. The lowest BCUT2D eigenvalue weighted by Crippen LogP contribution is -2.60. The van der Waals surface area contributed by atoms with Gasteiger partial charge in [0, 0.05) is 17.8 Å². The highest BCUT2D eigenvalue weighted by Gasteiger charge is 2.44. The van der Waals surface area contributed by atoms with Gasteiger partial charge in [0.25, 0.3) is 0 Å². The van der Waals surface area contributed by atoms with E-state index in [-0.39, 0.29) is 0 Å². The summed E-state index contributed by atoms with van der Waals surface area (Å²) in [4.78, 5) is 4.14. The van der Waals surface area contributed by atoms with Gasteiger partial charge in [-0.3, -0.25) is 4.98 Å². The van der Waals surface area contributed by atoms with Crippen molar-refractivity contribution in [2.45, 2.75) is 30.7 Å². The van der Waals surface area contributed by atoms with Crippen LogP contribution in [0.2, 0.25) is 0 Å². The molecular weight excluding hydrogens is 362 g/mol. The molecule has 1 aliphatic heterocycles. The van der Waals surface area contributed by atoms with E-state index in [4.69, 9.17) is 9.47 Å². The van der Waals surface area contributed by atoms with Crippen LogP contribution in [-0.4, -0.2) is 62.7 Å². The first-order chi connectivity index (χ1) is 13.6. The SMILES string of the molecule is OC[C@H]1O[C@H](Oc2ccc(-c3cccc4cnccc34)cc2)[C@@H](O)[C@@H](O)[C@@H]1O. The van der Waals surface area contributed by atoms with Crippen LogP contribution in [0.3, 0.4) is 0 Å². The highest BCUT2D eigenvalue weighted by molar-refractivity contribution is 5.96. The van der Waals surface area contributed by atoms with Crippen LogP contribution in [0, 0.1) is 0 Å². The number of ether oxygens (including phenoxy) is 2. The third kappa shape index (κ3) is 3.46. The van der Waals surface area contributed by atoms with E-state index in [1.54, 1.807) is 18.3 Å². The molecule has 3 aromatic rings. The van der Waals surface area contributed by atoms with Crippen LogP contribution in [0.15, 0.2) is 60.9 Å². The zero-order chi connectivity index (χ0) is 19.7. The second-order valence-corrected chi connectivity index (χ2v) is 6.74. The van der Waals surface area contributed by atoms with Gasteiger partial charge in [0.2, 0.25) is 6.29 Å². The number of fused-ring (bicyclic) bond motifs is 1. The maximum atomic E-state index is 10.1. The molecule has 4 rings (SSSR count). The Bertz CT molecular complexity index is 940. The Labute approximate surface area is 161 Å². The van der Waals surface area contributed by atoms with Crippen molar-refractivity contribution in [3.63, 3.8) is 0 Å². The third-order valence-corrected chi connectivity index (χ3v) is 4.95. The lowest BCUT2D eigenvalue weighted by atomic mass is 9.99. The minimum atomic E-state index is -1.47. The summed E-state index contributed by atoms with van der Waals surface area (Å²) in [6.45, 7) is -0.500. The first-order valence-electron chi connectivity index (χ1n) is 8.99. The van der Waals surface area contributed by atoms with E-state index in [2.05, 4.69) is 4.98 Å². The zero-order valence-electron chi connectivity index (χ0n) is 14.9. The van der Waals surface area contributed by atoms with Crippen LogP contribution in [-0.2, 0) is 4.74 Å². The fourth-order valence-corrected chi connectivity index (χ4v) is 3.39. The summed E-state index contributed by atoms with van der Waals surface area (Å²) in [5.74, 6) is 0.426. The molecule has 1 aromatic heterocycles. The van der Waals surface area contributed by atoms with Gasteiger partial charge in [0.1, 0.15) is 30.2 Å². The smallest absolute Gasteiger partial charge is 0.229 e. The first-order valence-corrected chi connectivity index (χ1v) is 8.99.